The second kappa shape index (κ2) is 14.8. The average molecular weight is 360 g/mol. The van der Waals surface area contributed by atoms with Gasteiger partial charge < -0.3 is 20.3 Å². The van der Waals surface area contributed by atoms with Gasteiger partial charge in [-0.05, 0) is 0 Å². The predicted molar refractivity (Wildman–Crippen MR) is 94.9 cm³/mol. The third-order valence-corrected chi connectivity index (χ3v) is 3.72. The summed E-state index contributed by atoms with van der Waals surface area (Å²) in [7, 11) is 0. The van der Waals surface area contributed by atoms with Crippen LogP contribution in [0.4, 0.5) is 0 Å². The maximum atomic E-state index is 11.0. The lowest BCUT2D eigenvalue weighted by Gasteiger charge is -2.29. The molecule has 1 saturated heterocycles. The van der Waals surface area contributed by atoms with Crippen LogP contribution in [0.3, 0.4) is 0 Å². The third-order valence-electron chi connectivity index (χ3n) is 3.72. The maximum absolute atomic E-state index is 11.0. The van der Waals surface area contributed by atoms with E-state index in [-0.39, 0.29) is 13.1 Å². The lowest BCUT2D eigenvalue weighted by molar-refractivity contribution is -0.140. The van der Waals surface area contributed by atoms with Crippen LogP contribution in [-0.2, 0) is 14.4 Å². The fourth-order valence-electron chi connectivity index (χ4n) is 2.49. The van der Waals surface area contributed by atoms with Gasteiger partial charge in [-0.25, -0.2) is 0 Å². The first-order valence-corrected chi connectivity index (χ1v) is 8.76. The van der Waals surface area contributed by atoms with Crippen molar-refractivity contribution in [3.63, 3.8) is 0 Å². The van der Waals surface area contributed by atoms with Crippen molar-refractivity contribution in [3.8, 4) is 0 Å². The SMILES string of the molecule is CC.O=CCN1CCNCCN(CC(=O)O)CCN(CC(=O)O)CC1. The number of hydrogen-bond donors (Lipinski definition) is 3. The Bertz CT molecular complexity index is 395. The minimum Gasteiger partial charge on any atom is -0.480 e. The summed E-state index contributed by atoms with van der Waals surface area (Å²) in [5.74, 6) is -1.80. The molecule has 0 atom stereocenters. The normalized spacial score (nSPS) is 19.0. The summed E-state index contributed by atoms with van der Waals surface area (Å²) < 4.78 is 0. The molecule has 9 heteroatoms. The molecule has 1 aliphatic heterocycles. The summed E-state index contributed by atoms with van der Waals surface area (Å²) in [4.78, 5) is 38.2. The Morgan fingerprint density at radius 1 is 0.840 bits per heavy atom. The molecule has 1 rings (SSSR count). The highest BCUT2D eigenvalue weighted by Crippen LogP contribution is 1.97. The van der Waals surface area contributed by atoms with E-state index in [1.54, 1.807) is 9.80 Å². The minimum atomic E-state index is -0.912. The molecular formula is C16H32N4O5. The van der Waals surface area contributed by atoms with Gasteiger partial charge in [-0.1, -0.05) is 13.8 Å². The number of carbonyl (C=O) groups is 3. The van der Waals surface area contributed by atoms with Gasteiger partial charge in [-0.3, -0.25) is 24.3 Å². The molecule has 0 saturated carbocycles. The summed E-state index contributed by atoms with van der Waals surface area (Å²) in [6.45, 7) is 8.92. The van der Waals surface area contributed by atoms with Crippen LogP contribution < -0.4 is 5.32 Å². The first-order valence-electron chi connectivity index (χ1n) is 8.76. The van der Waals surface area contributed by atoms with Gasteiger partial charge in [0.1, 0.15) is 6.29 Å². The molecule has 0 bridgehead atoms. The Balaban J connectivity index is 0.00000277. The van der Waals surface area contributed by atoms with Crippen molar-refractivity contribution in [2.75, 3.05) is 72.0 Å². The molecule has 1 aliphatic rings. The van der Waals surface area contributed by atoms with Crippen molar-refractivity contribution in [2.45, 2.75) is 13.8 Å². The lowest BCUT2D eigenvalue weighted by Crippen LogP contribution is -2.47. The standard InChI is InChI=1S/C14H26N4O5.C2H6/c19-10-9-16-3-1-15-2-4-17(11-13(20)21)7-8-18(6-5-16)12-14(22)23;1-2/h10,15H,1-9,11-12H2,(H,20,21)(H,22,23);1-2H3. The van der Waals surface area contributed by atoms with Crippen molar-refractivity contribution in [1.29, 1.82) is 0 Å². The van der Waals surface area contributed by atoms with E-state index in [1.165, 1.54) is 0 Å². The van der Waals surface area contributed by atoms with Gasteiger partial charge in [0.05, 0.1) is 19.6 Å². The number of rotatable bonds is 6. The van der Waals surface area contributed by atoms with E-state index in [4.69, 9.17) is 10.2 Å². The van der Waals surface area contributed by atoms with E-state index in [2.05, 4.69) is 5.32 Å². The van der Waals surface area contributed by atoms with Gasteiger partial charge in [-0.15, -0.1) is 0 Å². The number of carbonyl (C=O) groups excluding carboxylic acids is 1. The largest absolute Gasteiger partial charge is 0.480 e. The lowest BCUT2D eigenvalue weighted by atomic mass is 10.3. The highest BCUT2D eigenvalue weighted by molar-refractivity contribution is 5.69. The molecule has 0 unspecified atom stereocenters. The molecule has 0 aromatic heterocycles. The summed E-state index contributed by atoms with van der Waals surface area (Å²) in [6.07, 6.45) is 0.849. The number of hydrogen-bond acceptors (Lipinski definition) is 7. The van der Waals surface area contributed by atoms with Gasteiger partial charge in [0.2, 0.25) is 0 Å². The summed E-state index contributed by atoms with van der Waals surface area (Å²) in [5.41, 5.74) is 0. The highest BCUT2D eigenvalue weighted by atomic mass is 16.4. The molecular weight excluding hydrogens is 328 g/mol. The Hall–Kier alpha value is -1.55. The van der Waals surface area contributed by atoms with Crippen LogP contribution in [0.15, 0.2) is 0 Å². The fraction of sp³-hybridized carbons (Fsp3) is 0.812. The van der Waals surface area contributed by atoms with Gasteiger partial charge in [0, 0.05) is 52.4 Å². The van der Waals surface area contributed by atoms with Crippen LogP contribution in [-0.4, -0.2) is 115 Å². The number of carboxylic acid groups (broad SMARTS) is 2. The molecule has 1 heterocycles. The van der Waals surface area contributed by atoms with Crippen LogP contribution >= 0.6 is 0 Å². The predicted octanol–water partition coefficient (Wildman–Crippen LogP) is -1.11. The zero-order chi connectivity index (χ0) is 19.1. The number of aliphatic carboxylic acids is 2. The summed E-state index contributed by atoms with van der Waals surface area (Å²) in [6, 6.07) is 0. The molecule has 0 aliphatic carbocycles. The van der Waals surface area contributed by atoms with Crippen molar-refractivity contribution < 1.29 is 24.6 Å². The van der Waals surface area contributed by atoms with E-state index in [1.807, 2.05) is 18.7 Å². The summed E-state index contributed by atoms with van der Waals surface area (Å²) in [5, 5.41) is 21.2. The molecule has 9 nitrogen and oxygen atoms in total. The molecule has 0 aromatic rings. The fourth-order valence-corrected chi connectivity index (χ4v) is 2.49. The number of carboxylic acids is 2. The minimum absolute atomic E-state index is 0.0557. The molecule has 25 heavy (non-hydrogen) atoms. The number of nitrogens with zero attached hydrogens (tertiary/aromatic N) is 3. The molecule has 146 valence electrons. The Labute approximate surface area is 149 Å². The number of nitrogens with one attached hydrogen (secondary N) is 1. The first-order chi connectivity index (χ1) is 12.0. The van der Waals surface area contributed by atoms with Gasteiger partial charge in [0.15, 0.2) is 0 Å². The van der Waals surface area contributed by atoms with Crippen LogP contribution in [0, 0.1) is 0 Å². The van der Waals surface area contributed by atoms with E-state index >= 15 is 0 Å². The van der Waals surface area contributed by atoms with Crippen molar-refractivity contribution in [3.05, 3.63) is 0 Å². The van der Waals surface area contributed by atoms with E-state index in [0.717, 1.165) is 6.29 Å². The summed E-state index contributed by atoms with van der Waals surface area (Å²) >= 11 is 0. The monoisotopic (exact) mass is 360 g/mol. The van der Waals surface area contributed by atoms with Crippen LogP contribution in [0.25, 0.3) is 0 Å². The molecule has 1 fully saturated rings. The molecule has 0 radical (unpaired) electrons. The molecule has 0 spiro atoms. The van der Waals surface area contributed by atoms with E-state index in [9.17, 15) is 14.4 Å². The van der Waals surface area contributed by atoms with Gasteiger partial charge >= 0.3 is 11.9 Å². The molecule has 0 amide bonds. The second-order valence-corrected chi connectivity index (χ2v) is 5.56. The van der Waals surface area contributed by atoms with Crippen molar-refractivity contribution in [2.24, 2.45) is 0 Å². The topological polar surface area (TPSA) is 113 Å². The van der Waals surface area contributed by atoms with E-state index in [0.29, 0.717) is 58.9 Å². The van der Waals surface area contributed by atoms with Gasteiger partial charge in [-0.2, -0.15) is 0 Å². The van der Waals surface area contributed by atoms with Crippen LogP contribution in [0.1, 0.15) is 13.8 Å². The molecule has 3 N–H and O–H groups in total. The Kier molecular flexibility index (Phi) is 13.8. The van der Waals surface area contributed by atoms with Crippen LogP contribution in [0.2, 0.25) is 0 Å². The highest BCUT2D eigenvalue weighted by Gasteiger charge is 2.16. The Morgan fingerprint density at radius 3 is 1.68 bits per heavy atom. The van der Waals surface area contributed by atoms with Crippen molar-refractivity contribution in [1.82, 2.24) is 20.0 Å². The first kappa shape index (κ1) is 23.4. The molecule has 0 aromatic carbocycles. The Morgan fingerprint density at radius 2 is 1.24 bits per heavy atom. The zero-order valence-electron chi connectivity index (χ0n) is 15.3. The number of aldehydes is 1. The quantitative estimate of drug-likeness (QED) is 0.507. The zero-order valence-corrected chi connectivity index (χ0v) is 15.3. The van der Waals surface area contributed by atoms with E-state index < -0.39 is 11.9 Å². The maximum Gasteiger partial charge on any atom is 0.317 e. The smallest absolute Gasteiger partial charge is 0.317 e. The van der Waals surface area contributed by atoms with Gasteiger partial charge in [0.25, 0.3) is 0 Å². The third kappa shape index (κ3) is 12.5. The van der Waals surface area contributed by atoms with Crippen LogP contribution in [0.5, 0.6) is 0 Å². The second-order valence-electron chi connectivity index (χ2n) is 5.56. The van der Waals surface area contributed by atoms with Crippen molar-refractivity contribution >= 4 is 18.2 Å². The average Bonchev–Trinajstić information content (AvgIpc) is 2.55.